The summed E-state index contributed by atoms with van der Waals surface area (Å²) in [5.74, 6) is -1.29. The third kappa shape index (κ3) is 4.90. The SMILES string of the molecule is O=C(c1ccc(N2CCCCC2)cc1)N1CCCC(CO)(Cc2ccc(F)cc2F)C1. The van der Waals surface area contributed by atoms with Crippen molar-refractivity contribution in [2.45, 2.75) is 38.5 Å². The largest absolute Gasteiger partial charge is 0.396 e. The van der Waals surface area contributed by atoms with Crippen molar-refractivity contribution < 1.29 is 18.7 Å². The second-order valence-corrected chi connectivity index (χ2v) is 9.00. The van der Waals surface area contributed by atoms with Crippen LogP contribution < -0.4 is 4.90 Å². The number of aliphatic hydroxyl groups is 1. The number of amides is 1. The van der Waals surface area contributed by atoms with Crippen molar-refractivity contribution in [2.24, 2.45) is 5.41 Å². The number of carbonyl (C=O) groups is 1. The molecule has 2 aromatic carbocycles. The van der Waals surface area contributed by atoms with E-state index in [4.69, 9.17) is 0 Å². The molecular formula is C25H30F2N2O2. The predicted octanol–water partition coefficient (Wildman–Crippen LogP) is 4.41. The zero-order valence-corrected chi connectivity index (χ0v) is 17.8. The lowest BCUT2D eigenvalue weighted by Crippen LogP contribution is -2.49. The van der Waals surface area contributed by atoms with Crippen molar-refractivity contribution >= 4 is 11.6 Å². The lowest BCUT2D eigenvalue weighted by atomic mass is 9.75. The Kier molecular flexibility index (Phi) is 6.56. The molecule has 166 valence electrons. The van der Waals surface area contributed by atoms with E-state index in [1.54, 1.807) is 4.90 Å². The van der Waals surface area contributed by atoms with Gasteiger partial charge in [0.15, 0.2) is 0 Å². The fourth-order valence-electron chi connectivity index (χ4n) is 4.93. The van der Waals surface area contributed by atoms with Crippen molar-refractivity contribution in [2.75, 3.05) is 37.7 Å². The molecule has 2 heterocycles. The summed E-state index contributed by atoms with van der Waals surface area (Å²) in [5, 5.41) is 10.2. The van der Waals surface area contributed by atoms with Gasteiger partial charge in [-0.05, 0) is 74.4 Å². The maximum atomic E-state index is 14.2. The van der Waals surface area contributed by atoms with Crippen molar-refractivity contribution in [3.05, 3.63) is 65.2 Å². The summed E-state index contributed by atoms with van der Waals surface area (Å²) in [6, 6.07) is 11.3. The van der Waals surface area contributed by atoms with Gasteiger partial charge in [-0.2, -0.15) is 0 Å². The summed E-state index contributed by atoms with van der Waals surface area (Å²) in [6.45, 7) is 2.92. The molecule has 2 aliphatic heterocycles. The molecule has 2 fully saturated rings. The Morgan fingerprint density at radius 1 is 0.968 bits per heavy atom. The van der Waals surface area contributed by atoms with Crippen LogP contribution in [0, 0.1) is 17.0 Å². The number of anilines is 1. The van der Waals surface area contributed by atoms with Crippen molar-refractivity contribution in [1.82, 2.24) is 4.90 Å². The Morgan fingerprint density at radius 2 is 1.71 bits per heavy atom. The second-order valence-electron chi connectivity index (χ2n) is 9.00. The molecule has 1 atom stereocenters. The van der Waals surface area contributed by atoms with Crippen LogP contribution in [0.15, 0.2) is 42.5 Å². The molecule has 4 nitrogen and oxygen atoms in total. The Bertz CT molecular complexity index is 912. The lowest BCUT2D eigenvalue weighted by Gasteiger charge is -2.42. The van der Waals surface area contributed by atoms with Gasteiger partial charge in [0, 0.05) is 48.9 Å². The van der Waals surface area contributed by atoms with Crippen molar-refractivity contribution in [3.63, 3.8) is 0 Å². The lowest BCUT2D eigenvalue weighted by molar-refractivity contribution is 0.0268. The number of piperidine rings is 2. The molecule has 1 N–H and O–H groups in total. The first-order valence-electron chi connectivity index (χ1n) is 11.2. The summed E-state index contributed by atoms with van der Waals surface area (Å²) in [7, 11) is 0. The highest BCUT2D eigenvalue weighted by atomic mass is 19.1. The van der Waals surface area contributed by atoms with E-state index in [2.05, 4.69) is 4.90 Å². The molecule has 4 rings (SSSR count). The maximum Gasteiger partial charge on any atom is 0.253 e. The molecule has 0 spiro atoms. The number of carbonyl (C=O) groups excluding carboxylic acids is 1. The van der Waals surface area contributed by atoms with Gasteiger partial charge in [0.05, 0.1) is 6.61 Å². The number of halogens is 2. The van der Waals surface area contributed by atoms with E-state index in [0.29, 0.717) is 30.6 Å². The molecule has 1 amide bonds. The molecular weight excluding hydrogens is 398 g/mol. The van der Waals surface area contributed by atoms with Gasteiger partial charge < -0.3 is 14.9 Å². The minimum Gasteiger partial charge on any atom is -0.396 e. The molecule has 31 heavy (non-hydrogen) atoms. The van der Waals surface area contributed by atoms with E-state index < -0.39 is 17.0 Å². The van der Waals surface area contributed by atoms with Crippen LogP contribution in [0.25, 0.3) is 0 Å². The number of hydrogen-bond donors (Lipinski definition) is 1. The van der Waals surface area contributed by atoms with Crippen LogP contribution in [0.4, 0.5) is 14.5 Å². The van der Waals surface area contributed by atoms with Gasteiger partial charge in [-0.15, -0.1) is 0 Å². The van der Waals surface area contributed by atoms with Gasteiger partial charge in [-0.1, -0.05) is 6.07 Å². The third-order valence-corrected chi connectivity index (χ3v) is 6.70. The van der Waals surface area contributed by atoms with Gasteiger partial charge in [0.25, 0.3) is 5.91 Å². The maximum absolute atomic E-state index is 14.2. The monoisotopic (exact) mass is 428 g/mol. The minimum absolute atomic E-state index is 0.0673. The van der Waals surface area contributed by atoms with Crippen LogP contribution in [-0.2, 0) is 6.42 Å². The zero-order chi connectivity index (χ0) is 21.8. The molecule has 2 aromatic rings. The Hall–Kier alpha value is -2.47. The molecule has 2 saturated heterocycles. The third-order valence-electron chi connectivity index (χ3n) is 6.70. The molecule has 2 aliphatic rings. The molecule has 0 aromatic heterocycles. The van der Waals surface area contributed by atoms with Gasteiger partial charge in [-0.3, -0.25) is 4.79 Å². The molecule has 6 heteroatoms. The summed E-state index contributed by atoms with van der Waals surface area (Å²) in [5.41, 5.74) is 1.52. The number of likely N-dealkylation sites (tertiary alicyclic amines) is 1. The Morgan fingerprint density at radius 3 is 2.39 bits per heavy atom. The molecule has 0 bridgehead atoms. The number of hydrogen-bond acceptors (Lipinski definition) is 3. The summed E-state index contributed by atoms with van der Waals surface area (Å²) < 4.78 is 27.5. The van der Waals surface area contributed by atoms with Gasteiger partial charge in [-0.25, -0.2) is 8.78 Å². The van der Waals surface area contributed by atoms with E-state index in [1.165, 1.54) is 31.4 Å². The molecule has 1 unspecified atom stereocenters. The molecule has 0 aliphatic carbocycles. The van der Waals surface area contributed by atoms with Crippen LogP contribution in [0.5, 0.6) is 0 Å². The van der Waals surface area contributed by atoms with Crippen LogP contribution >= 0.6 is 0 Å². The van der Waals surface area contributed by atoms with Crippen LogP contribution in [0.1, 0.15) is 48.0 Å². The van der Waals surface area contributed by atoms with Gasteiger partial charge in [0.1, 0.15) is 11.6 Å². The fourth-order valence-corrected chi connectivity index (χ4v) is 4.93. The number of nitrogens with zero attached hydrogens (tertiary/aromatic N) is 2. The first kappa shape index (κ1) is 21.8. The summed E-state index contributed by atoms with van der Waals surface area (Å²) in [4.78, 5) is 17.3. The first-order valence-corrected chi connectivity index (χ1v) is 11.2. The van der Waals surface area contributed by atoms with Crippen molar-refractivity contribution in [1.29, 1.82) is 0 Å². The topological polar surface area (TPSA) is 43.8 Å². The molecule has 0 saturated carbocycles. The highest BCUT2D eigenvalue weighted by Gasteiger charge is 2.37. The number of aliphatic hydroxyl groups excluding tert-OH is 1. The van der Waals surface area contributed by atoms with Crippen LogP contribution in [-0.4, -0.2) is 48.7 Å². The quantitative estimate of drug-likeness (QED) is 0.767. The second kappa shape index (κ2) is 9.35. The highest BCUT2D eigenvalue weighted by Crippen LogP contribution is 2.35. The van der Waals surface area contributed by atoms with E-state index >= 15 is 0 Å². The Labute approximate surface area is 182 Å². The number of rotatable bonds is 5. The predicted molar refractivity (Wildman–Crippen MR) is 117 cm³/mol. The van der Waals surface area contributed by atoms with Crippen LogP contribution in [0.3, 0.4) is 0 Å². The average molecular weight is 429 g/mol. The van der Waals surface area contributed by atoms with E-state index in [-0.39, 0.29) is 18.9 Å². The van der Waals surface area contributed by atoms with Crippen molar-refractivity contribution in [3.8, 4) is 0 Å². The fraction of sp³-hybridized carbons (Fsp3) is 0.480. The minimum atomic E-state index is -0.625. The molecule has 0 radical (unpaired) electrons. The van der Waals surface area contributed by atoms with E-state index in [9.17, 15) is 18.7 Å². The van der Waals surface area contributed by atoms with Crippen LogP contribution in [0.2, 0.25) is 0 Å². The summed E-state index contributed by atoms with van der Waals surface area (Å²) >= 11 is 0. The average Bonchev–Trinajstić information content (AvgIpc) is 2.81. The van der Waals surface area contributed by atoms with Gasteiger partial charge >= 0.3 is 0 Å². The normalized spacial score (nSPS) is 21.9. The zero-order valence-electron chi connectivity index (χ0n) is 17.8. The first-order chi connectivity index (χ1) is 15.0. The smallest absolute Gasteiger partial charge is 0.253 e. The summed E-state index contributed by atoms with van der Waals surface area (Å²) in [6.07, 6.45) is 5.38. The van der Waals surface area contributed by atoms with E-state index in [1.807, 2.05) is 24.3 Å². The Balaban J connectivity index is 1.47. The number of benzene rings is 2. The van der Waals surface area contributed by atoms with Gasteiger partial charge in [0.2, 0.25) is 0 Å². The highest BCUT2D eigenvalue weighted by molar-refractivity contribution is 5.94. The van der Waals surface area contributed by atoms with E-state index in [0.717, 1.165) is 31.3 Å². The standard InChI is InChI=1S/C25H30F2N2O2/c26-21-8-5-20(23(27)15-21)16-25(18-30)11-4-14-29(17-25)24(31)19-6-9-22(10-7-19)28-12-2-1-3-13-28/h5-10,15,30H,1-4,11-14,16-18H2.